The number of hydrogen-bond acceptors (Lipinski definition) is 4. The first-order chi connectivity index (χ1) is 10.2. The Morgan fingerprint density at radius 3 is 2.95 bits per heavy atom. The van der Waals surface area contributed by atoms with Gasteiger partial charge in [0.15, 0.2) is 0 Å². The largest absolute Gasteiger partial charge is 0.494 e. The van der Waals surface area contributed by atoms with E-state index in [0.717, 1.165) is 62.4 Å². The molecule has 0 saturated carbocycles. The Hall–Kier alpha value is -1.26. The molecule has 116 valence electrons. The Morgan fingerprint density at radius 2 is 2.19 bits per heavy atom. The van der Waals surface area contributed by atoms with Crippen molar-refractivity contribution in [3.05, 3.63) is 23.8 Å². The third-order valence-electron chi connectivity index (χ3n) is 4.51. The van der Waals surface area contributed by atoms with Gasteiger partial charge in [0, 0.05) is 12.0 Å². The minimum Gasteiger partial charge on any atom is -0.494 e. The van der Waals surface area contributed by atoms with Crippen LogP contribution in [0.1, 0.15) is 50.7 Å². The fourth-order valence-electron chi connectivity index (χ4n) is 3.23. The van der Waals surface area contributed by atoms with Crippen molar-refractivity contribution in [1.29, 1.82) is 0 Å². The molecule has 0 unspecified atom stereocenters. The van der Waals surface area contributed by atoms with Gasteiger partial charge < -0.3 is 19.9 Å². The van der Waals surface area contributed by atoms with Crippen molar-refractivity contribution in [3.63, 3.8) is 0 Å². The van der Waals surface area contributed by atoms with E-state index < -0.39 is 6.10 Å². The van der Waals surface area contributed by atoms with Crippen molar-refractivity contribution in [2.75, 3.05) is 19.7 Å². The molecule has 1 spiro atoms. The molecule has 1 atom stereocenters. The zero-order valence-electron chi connectivity index (χ0n) is 12.7. The van der Waals surface area contributed by atoms with Gasteiger partial charge in [-0.05, 0) is 50.6 Å². The predicted octanol–water partition coefficient (Wildman–Crippen LogP) is 2.80. The van der Waals surface area contributed by atoms with E-state index in [1.54, 1.807) is 0 Å². The average Bonchev–Trinajstić information content (AvgIpc) is 2.49. The molecule has 2 heterocycles. The van der Waals surface area contributed by atoms with Gasteiger partial charge in [0.05, 0.1) is 12.7 Å². The molecule has 1 fully saturated rings. The summed E-state index contributed by atoms with van der Waals surface area (Å²) in [7, 11) is 0. The van der Waals surface area contributed by atoms with Crippen LogP contribution < -0.4 is 14.8 Å². The second kappa shape index (κ2) is 6.24. The van der Waals surface area contributed by atoms with E-state index in [9.17, 15) is 5.11 Å². The number of fused-ring (bicyclic) bond motifs is 1. The van der Waals surface area contributed by atoms with Gasteiger partial charge in [-0.1, -0.05) is 13.3 Å². The number of benzene rings is 1. The summed E-state index contributed by atoms with van der Waals surface area (Å²) in [5.41, 5.74) is 0.676. The van der Waals surface area contributed by atoms with Crippen LogP contribution in [0.5, 0.6) is 11.5 Å². The highest BCUT2D eigenvalue weighted by molar-refractivity contribution is 5.43. The van der Waals surface area contributed by atoms with Crippen LogP contribution in [0.3, 0.4) is 0 Å². The van der Waals surface area contributed by atoms with Gasteiger partial charge in [-0.15, -0.1) is 0 Å². The van der Waals surface area contributed by atoms with Crippen LogP contribution in [-0.2, 0) is 0 Å². The first kappa shape index (κ1) is 14.7. The van der Waals surface area contributed by atoms with E-state index in [1.807, 2.05) is 18.2 Å². The van der Waals surface area contributed by atoms with E-state index >= 15 is 0 Å². The second-order valence-corrected chi connectivity index (χ2v) is 6.16. The minimum atomic E-state index is -0.457. The van der Waals surface area contributed by atoms with Crippen molar-refractivity contribution < 1.29 is 14.6 Å². The maximum Gasteiger partial charge on any atom is 0.126 e. The first-order valence-electron chi connectivity index (χ1n) is 8.07. The molecule has 2 N–H and O–H groups in total. The fourth-order valence-corrected chi connectivity index (χ4v) is 3.23. The van der Waals surface area contributed by atoms with Crippen molar-refractivity contribution in [2.45, 2.75) is 50.7 Å². The summed E-state index contributed by atoms with van der Waals surface area (Å²) in [6.07, 6.45) is 4.30. The van der Waals surface area contributed by atoms with Gasteiger partial charge in [-0.3, -0.25) is 0 Å². The highest BCUT2D eigenvalue weighted by atomic mass is 16.5. The molecule has 2 aliphatic rings. The summed E-state index contributed by atoms with van der Waals surface area (Å²) in [5, 5.41) is 13.9. The van der Waals surface area contributed by atoms with Gasteiger partial charge >= 0.3 is 0 Å². The lowest BCUT2D eigenvalue weighted by molar-refractivity contribution is -0.0338. The molecule has 1 saturated heterocycles. The summed E-state index contributed by atoms with van der Waals surface area (Å²) in [5.74, 6) is 1.64. The van der Waals surface area contributed by atoms with Crippen molar-refractivity contribution in [3.8, 4) is 11.5 Å². The van der Waals surface area contributed by atoms with Crippen LogP contribution in [0.25, 0.3) is 0 Å². The summed E-state index contributed by atoms with van der Waals surface area (Å²) >= 11 is 0. The average molecular weight is 291 g/mol. The molecule has 0 aliphatic carbocycles. The SMILES string of the molecule is CCCCOc1ccc2c(c1)[C@@H](O)CC1(CCNCC1)O2. The molecule has 3 rings (SSSR count). The van der Waals surface area contributed by atoms with Crippen LogP contribution in [0.15, 0.2) is 18.2 Å². The molecular formula is C17H25NO3. The van der Waals surface area contributed by atoms with Crippen LogP contribution >= 0.6 is 0 Å². The Morgan fingerprint density at radius 1 is 1.38 bits per heavy atom. The number of rotatable bonds is 4. The van der Waals surface area contributed by atoms with Crippen molar-refractivity contribution in [1.82, 2.24) is 5.32 Å². The van der Waals surface area contributed by atoms with Crippen molar-refractivity contribution in [2.24, 2.45) is 0 Å². The summed E-state index contributed by atoms with van der Waals surface area (Å²) in [4.78, 5) is 0. The van der Waals surface area contributed by atoms with Gasteiger partial charge in [0.1, 0.15) is 17.1 Å². The molecule has 1 aromatic rings. The topological polar surface area (TPSA) is 50.7 Å². The Labute approximate surface area is 126 Å². The fraction of sp³-hybridized carbons (Fsp3) is 0.647. The van der Waals surface area contributed by atoms with E-state index in [-0.39, 0.29) is 5.60 Å². The number of aliphatic hydroxyl groups excluding tert-OH is 1. The maximum absolute atomic E-state index is 10.5. The standard InChI is InChI=1S/C17H25NO3/c1-2-3-10-20-13-4-5-16-14(11-13)15(19)12-17(21-16)6-8-18-9-7-17/h4-5,11,15,18-19H,2-3,6-10,12H2,1H3/t15-/m0/s1. The molecule has 0 radical (unpaired) electrons. The third kappa shape index (κ3) is 3.16. The number of unbranched alkanes of at least 4 members (excludes halogenated alkanes) is 1. The monoisotopic (exact) mass is 291 g/mol. The summed E-state index contributed by atoms with van der Waals surface area (Å²) < 4.78 is 12.0. The number of ether oxygens (including phenoxy) is 2. The highest BCUT2D eigenvalue weighted by Crippen LogP contribution is 2.44. The lowest BCUT2D eigenvalue weighted by Crippen LogP contribution is -2.49. The first-order valence-corrected chi connectivity index (χ1v) is 8.07. The molecule has 4 heteroatoms. The molecule has 2 aliphatic heterocycles. The Kier molecular flexibility index (Phi) is 4.36. The lowest BCUT2D eigenvalue weighted by Gasteiger charge is -2.43. The predicted molar refractivity (Wildman–Crippen MR) is 81.9 cm³/mol. The summed E-state index contributed by atoms with van der Waals surface area (Å²) in [6.45, 7) is 4.79. The van der Waals surface area contributed by atoms with E-state index in [1.165, 1.54) is 0 Å². The third-order valence-corrected chi connectivity index (χ3v) is 4.51. The molecule has 0 amide bonds. The second-order valence-electron chi connectivity index (χ2n) is 6.16. The van der Waals surface area contributed by atoms with Gasteiger partial charge in [0.25, 0.3) is 0 Å². The zero-order valence-corrected chi connectivity index (χ0v) is 12.7. The summed E-state index contributed by atoms with van der Waals surface area (Å²) in [6, 6.07) is 5.83. The molecule has 21 heavy (non-hydrogen) atoms. The van der Waals surface area contributed by atoms with Crippen LogP contribution in [0.4, 0.5) is 0 Å². The normalized spacial score (nSPS) is 23.4. The lowest BCUT2D eigenvalue weighted by atomic mass is 9.82. The molecular weight excluding hydrogens is 266 g/mol. The number of hydrogen-bond donors (Lipinski definition) is 2. The van der Waals surface area contributed by atoms with E-state index in [0.29, 0.717) is 6.42 Å². The van der Waals surface area contributed by atoms with E-state index in [4.69, 9.17) is 9.47 Å². The molecule has 0 bridgehead atoms. The Bertz CT molecular complexity index is 483. The van der Waals surface area contributed by atoms with Gasteiger partial charge in [-0.2, -0.15) is 0 Å². The molecule has 1 aromatic carbocycles. The molecule has 4 nitrogen and oxygen atoms in total. The van der Waals surface area contributed by atoms with Gasteiger partial charge in [0.2, 0.25) is 0 Å². The van der Waals surface area contributed by atoms with Gasteiger partial charge in [-0.25, -0.2) is 0 Å². The maximum atomic E-state index is 10.5. The van der Waals surface area contributed by atoms with Crippen LogP contribution in [0.2, 0.25) is 0 Å². The van der Waals surface area contributed by atoms with Crippen LogP contribution in [0, 0.1) is 0 Å². The minimum absolute atomic E-state index is 0.192. The van der Waals surface area contributed by atoms with Crippen LogP contribution in [-0.4, -0.2) is 30.4 Å². The number of nitrogens with one attached hydrogen (secondary N) is 1. The molecule has 0 aromatic heterocycles. The Balaban J connectivity index is 1.76. The van der Waals surface area contributed by atoms with E-state index in [2.05, 4.69) is 12.2 Å². The van der Waals surface area contributed by atoms with Crippen molar-refractivity contribution >= 4 is 0 Å². The number of piperidine rings is 1. The zero-order chi connectivity index (χ0) is 14.7. The highest BCUT2D eigenvalue weighted by Gasteiger charge is 2.41. The smallest absolute Gasteiger partial charge is 0.126 e. The number of aliphatic hydroxyl groups is 1. The quantitative estimate of drug-likeness (QED) is 0.838.